The van der Waals surface area contributed by atoms with Crippen LogP contribution in [0.4, 0.5) is 0 Å². The van der Waals surface area contributed by atoms with Crippen molar-refractivity contribution in [2.24, 2.45) is 0 Å². The molecule has 1 N–H and O–H groups in total. The summed E-state index contributed by atoms with van der Waals surface area (Å²) in [6, 6.07) is 10.4. The largest absolute Gasteiger partial charge is 0.461 e. The predicted octanol–water partition coefficient (Wildman–Crippen LogP) is 3.09. The van der Waals surface area contributed by atoms with Gasteiger partial charge in [-0.1, -0.05) is 30.3 Å². The van der Waals surface area contributed by atoms with Gasteiger partial charge in [0.15, 0.2) is 0 Å². The highest BCUT2D eigenvalue weighted by Crippen LogP contribution is 2.21. The molecule has 0 saturated carbocycles. The Morgan fingerprint density at radius 2 is 1.76 bits per heavy atom. The number of H-pyrrole nitrogens is 1. The van der Waals surface area contributed by atoms with E-state index in [9.17, 15) is 9.59 Å². The fraction of sp³-hybridized carbons (Fsp3) is 0.478. The maximum atomic E-state index is 12.7. The molecule has 29 heavy (non-hydrogen) atoms. The number of nitrogens with zero attached hydrogens (tertiary/aromatic N) is 2. The first-order valence-corrected chi connectivity index (χ1v) is 10.4. The number of hydrogen-bond donors (Lipinski definition) is 1. The number of piperazine rings is 1. The third-order valence-corrected chi connectivity index (χ3v) is 5.64. The number of carbonyl (C=O) groups is 2. The topological polar surface area (TPSA) is 65.6 Å². The summed E-state index contributed by atoms with van der Waals surface area (Å²) in [4.78, 5) is 32.2. The van der Waals surface area contributed by atoms with E-state index in [1.54, 1.807) is 6.92 Å². The smallest absolute Gasteiger partial charge is 0.355 e. The zero-order valence-corrected chi connectivity index (χ0v) is 17.7. The summed E-state index contributed by atoms with van der Waals surface area (Å²) in [5.41, 5.74) is 4.68. The highest BCUT2D eigenvalue weighted by atomic mass is 16.5. The number of esters is 1. The Balaban J connectivity index is 1.50. The number of carbonyl (C=O) groups excluding carboxylic acids is 2. The zero-order valence-electron chi connectivity index (χ0n) is 17.7. The molecule has 2 aromatic rings. The molecule has 0 bridgehead atoms. The summed E-state index contributed by atoms with van der Waals surface area (Å²) in [7, 11) is 0. The Bertz CT molecular complexity index is 837. The van der Waals surface area contributed by atoms with Crippen LogP contribution >= 0.6 is 0 Å². The highest BCUT2D eigenvalue weighted by Gasteiger charge is 2.23. The lowest BCUT2D eigenvalue weighted by molar-refractivity contribution is -0.133. The van der Waals surface area contributed by atoms with Crippen molar-refractivity contribution in [2.75, 3.05) is 32.8 Å². The third-order valence-electron chi connectivity index (χ3n) is 5.64. The van der Waals surface area contributed by atoms with Crippen LogP contribution in [0.1, 0.15) is 46.2 Å². The predicted molar refractivity (Wildman–Crippen MR) is 113 cm³/mol. The Morgan fingerprint density at radius 1 is 1.07 bits per heavy atom. The van der Waals surface area contributed by atoms with Gasteiger partial charge < -0.3 is 14.6 Å². The van der Waals surface area contributed by atoms with E-state index >= 15 is 0 Å². The van der Waals surface area contributed by atoms with Crippen molar-refractivity contribution in [2.45, 2.75) is 40.2 Å². The Hall–Kier alpha value is -2.60. The number of amides is 1. The van der Waals surface area contributed by atoms with Gasteiger partial charge in [-0.3, -0.25) is 9.69 Å². The van der Waals surface area contributed by atoms with Crippen molar-refractivity contribution in [3.8, 4) is 0 Å². The van der Waals surface area contributed by atoms with E-state index < -0.39 is 0 Å². The molecule has 2 heterocycles. The van der Waals surface area contributed by atoms with Gasteiger partial charge in [0.1, 0.15) is 5.69 Å². The molecular weight excluding hydrogens is 366 g/mol. The first-order valence-electron chi connectivity index (χ1n) is 10.4. The minimum Gasteiger partial charge on any atom is -0.461 e. The molecule has 1 saturated heterocycles. The van der Waals surface area contributed by atoms with E-state index in [4.69, 9.17) is 4.74 Å². The lowest BCUT2D eigenvalue weighted by atomic mass is 10.0. The van der Waals surface area contributed by atoms with Crippen molar-refractivity contribution < 1.29 is 14.3 Å². The molecule has 1 fully saturated rings. The summed E-state index contributed by atoms with van der Waals surface area (Å²) in [5.74, 6) is -0.151. The monoisotopic (exact) mass is 397 g/mol. The molecule has 6 heteroatoms. The molecule has 0 atom stereocenters. The lowest BCUT2D eigenvalue weighted by Crippen LogP contribution is -2.48. The fourth-order valence-electron chi connectivity index (χ4n) is 3.96. The number of rotatable bonds is 7. The van der Waals surface area contributed by atoms with E-state index in [2.05, 4.69) is 34.1 Å². The van der Waals surface area contributed by atoms with E-state index in [1.807, 2.05) is 24.8 Å². The molecule has 1 aromatic heterocycles. The zero-order chi connectivity index (χ0) is 20.8. The normalized spacial score (nSPS) is 14.8. The van der Waals surface area contributed by atoms with Crippen LogP contribution in [-0.4, -0.2) is 59.4 Å². The first kappa shape index (κ1) is 21.1. The molecule has 3 rings (SSSR count). The van der Waals surface area contributed by atoms with Crippen LogP contribution in [-0.2, 0) is 22.5 Å². The van der Waals surface area contributed by atoms with Crippen molar-refractivity contribution in [3.63, 3.8) is 0 Å². The van der Waals surface area contributed by atoms with Crippen molar-refractivity contribution >= 4 is 11.9 Å². The molecule has 0 unspecified atom stereocenters. The second kappa shape index (κ2) is 9.74. The van der Waals surface area contributed by atoms with Crippen LogP contribution < -0.4 is 0 Å². The number of benzene rings is 1. The van der Waals surface area contributed by atoms with Crippen LogP contribution in [0, 0.1) is 13.8 Å². The third kappa shape index (κ3) is 5.26. The van der Waals surface area contributed by atoms with Crippen molar-refractivity contribution in [1.82, 2.24) is 14.8 Å². The van der Waals surface area contributed by atoms with E-state index in [0.29, 0.717) is 25.1 Å². The fourth-order valence-corrected chi connectivity index (χ4v) is 3.96. The summed E-state index contributed by atoms with van der Waals surface area (Å²) in [6.07, 6.45) is 1.09. The Labute approximate surface area is 172 Å². The Kier molecular flexibility index (Phi) is 7.09. The molecule has 6 nitrogen and oxygen atoms in total. The Morgan fingerprint density at radius 3 is 2.41 bits per heavy atom. The average molecular weight is 398 g/mol. The molecular formula is C23H31N3O3. The molecule has 1 aliphatic rings. The summed E-state index contributed by atoms with van der Waals surface area (Å²) < 4.78 is 5.10. The maximum Gasteiger partial charge on any atom is 0.355 e. The first-order chi connectivity index (χ1) is 14.0. The molecule has 1 aromatic carbocycles. The number of ether oxygens (including phenoxy) is 1. The van der Waals surface area contributed by atoms with Crippen molar-refractivity contribution in [1.29, 1.82) is 0 Å². The van der Waals surface area contributed by atoms with E-state index in [1.165, 1.54) is 5.56 Å². The summed E-state index contributed by atoms with van der Waals surface area (Å²) in [6.45, 7) is 10.3. The number of hydrogen-bond acceptors (Lipinski definition) is 4. The van der Waals surface area contributed by atoms with Gasteiger partial charge in [0.05, 0.1) is 6.61 Å². The highest BCUT2D eigenvalue weighted by molar-refractivity contribution is 5.90. The number of aromatic nitrogens is 1. The van der Waals surface area contributed by atoms with Gasteiger partial charge in [-0.25, -0.2) is 4.79 Å². The van der Waals surface area contributed by atoms with Gasteiger partial charge in [-0.2, -0.15) is 0 Å². The molecule has 0 spiro atoms. The minimum atomic E-state index is -0.333. The number of aryl methyl sites for hydroxylation is 1. The van der Waals surface area contributed by atoms with Gasteiger partial charge in [0.2, 0.25) is 5.91 Å². The van der Waals surface area contributed by atoms with Crippen LogP contribution in [0.15, 0.2) is 30.3 Å². The quantitative estimate of drug-likeness (QED) is 0.729. The van der Waals surface area contributed by atoms with Gasteiger partial charge in [0, 0.05) is 44.8 Å². The standard InChI is InChI=1S/C23H31N3O3/c1-4-29-23(28)22-17(2)20(18(3)24-22)10-11-21(27)26-14-12-25(13-15-26)16-19-8-6-5-7-9-19/h5-9,24H,4,10-16H2,1-3H3. The van der Waals surface area contributed by atoms with Crippen LogP contribution in [0.25, 0.3) is 0 Å². The average Bonchev–Trinajstić information content (AvgIpc) is 3.01. The number of aromatic amines is 1. The van der Waals surface area contributed by atoms with Gasteiger partial charge in [0.25, 0.3) is 0 Å². The maximum absolute atomic E-state index is 12.7. The van der Waals surface area contributed by atoms with Crippen LogP contribution in [0.5, 0.6) is 0 Å². The minimum absolute atomic E-state index is 0.182. The van der Waals surface area contributed by atoms with E-state index in [0.717, 1.165) is 49.5 Å². The van der Waals surface area contributed by atoms with Gasteiger partial charge >= 0.3 is 5.97 Å². The molecule has 1 amide bonds. The van der Waals surface area contributed by atoms with Crippen molar-refractivity contribution in [3.05, 3.63) is 58.4 Å². The molecule has 0 radical (unpaired) electrons. The molecule has 0 aliphatic carbocycles. The molecule has 156 valence electrons. The SMILES string of the molecule is CCOC(=O)c1[nH]c(C)c(CCC(=O)N2CCN(Cc3ccccc3)CC2)c1C. The molecule has 1 aliphatic heterocycles. The summed E-state index contributed by atoms with van der Waals surface area (Å²) >= 11 is 0. The van der Waals surface area contributed by atoms with E-state index in [-0.39, 0.29) is 11.9 Å². The number of nitrogens with one attached hydrogen (secondary N) is 1. The second-order valence-corrected chi connectivity index (χ2v) is 7.59. The van der Waals surface area contributed by atoms with Crippen LogP contribution in [0.3, 0.4) is 0 Å². The summed E-state index contributed by atoms with van der Waals surface area (Å²) in [5, 5.41) is 0. The lowest BCUT2D eigenvalue weighted by Gasteiger charge is -2.34. The van der Waals surface area contributed by atoms with Gasteiger partial charge in [-0.05, 0) is 43.9 Å². The van der Waals surface area contributed by atoms with Crippen LogP contribution in [0.2, 0.25) is 0 Å². The second-order valence-electron chi connectivity index (χ2n) is 7.59. The van der Waals surface area contributed by atoms with Gasteiger partial charge in [-0.15, -0.1) is 0 Å².